The Balaban J connectivity index is 2.47. The standard InChI is InChI=1S/C7H12N2O2/c1-2-3-5-7(11)8-4-6(10)9-5/h5H,2-4H2,1H3,(H,8,11)(H,9,10)/t5-/m1/s1. The number of piperazine rings is 1. The Morgan fingerprint density at radius 2 is 2.27 bits per heavy atom. The zero-order valence-electron chi connectivity index (χ0n) is 6.52. The van der Waals surface area contributed by atoms with Crippen molar-refractivity contribution >= 4 is 11.8 Å². The second kappa shape index (κ2) is 3.37. The van der Waals surface area contributed by atoms with E-state index in [4.69, 9.17) is 0 Å². The number of amides is 2. The Morgan fingerprint density at radius 1 is 1.55 bits per heavy atom. The lowest BCUT2D eigenvalue weighted by molar-refractivity contribution is -0.133. The molecule has 62 valence electrons. The molecule has 1 saturated heterocycles. The number of rotatable bonds is 2. The molecule has 0 aromatic carbocycles. The summed E-state index contributed by atoms with van der Waals surface area (Å²) < 4.78 is 0. The van der Waals surface area contributed by atoms with Crippen molar-refractivity contribution in [2.24, 2.45) is 0 Å². The lowest BCUT2D eigenvalue weighted by Crippen LogP contribution is -2.55. The molecule has 4 heteroatoms. The van der Waals surface area contributed by atoms with E-state index < -0.39 is 0 Å². The fourth-order valence-corrected chi connectivity index (χ4v) is 1.09. The molecule has 0 aliphatic carbocycles. The Morgan fingerprint density at radius 3 is 2.91 bits per heavy atom. The zero-order valence-corrected chi connectivity index (χ0v) is 6.52. The normalized spacial score (nSPS) is 24.3. The van der Waals surface area contributed by atoms with Crippen molar-refractivity contribution in [3.8, 4) is 0 Å². The maximum absolute atomic E-state index is 11.0. The molecule has 11 heavy (non-hydrogen) atoms. The van der Waals surface area contributed by atoms with Crippen molar-refractivity contribution in [1.82, 2.24) is 10.6 Å². The predicted molar refractivity (Wildman–Crippen MR) is 39.8 cm³/mol. The van der Waals surface area contributed by atoms with Crippen LogP contribution in [0.5, 0.6) is 0 Å². The summed E-state index contributed by atoms with van der Waals surface area (Å²) >= 11 is 0. The minimum absolute atomic E-state index is 0.0635. The number of hydrogen-bond donors (Lipinski definition) is 2. The highest BCUT2D eigenvalue weighted by Crippen LogP contribution is 1.99. The van der Waals surface area contributed by atoms with Gasteiger partial charge in [-0.2, -0.15) is 0 Å². The first kappa shape index (κ1) is 8.04. The average Bonchev–Trinajstić information content (AvgIpc) is 1.98. The predicted octanol–water partition coefficient (Wildman–Crippen LogP) is -0.599. The van der Waals surface area contributed by atoms with E-state index in [2.05, 4.69) is 10.6 Å². The topological polar surface area (TPSA) is 58.2 Å². The second-order valence-corrected chi connectivity index (χ2v) is 2.63. The van der Waals surface area contributed by atoms with Crippen molar-refractivity contribution in [2.45, 2.75) is 25.8 Å². The van der Waals surface area contributed by atoms with Gasteiger partial charge in [0.1, 0.15) is 6.04 Å². The van der Waals surface area contributed by atoms with Crippen molar-refractivity contribution in [2.75, 3.05) is 6.54 Å². The number of hydrogen-bond acceptors (Lipinski definition) is 2. The van der Waals surface area contributed by atoms with Crippen molar-refractivity contribution in [3.05, 3.63) is 0 Å². The molecule has 1 heterocycles. The molecule has 0 aromatic heterocycles. The van der Waals surface area contributed by atoms with E-state index in [1.165, 1.54) is 0 Å². The van der Waals surface area contributed by atoms with Crippen LogP contribution in [0.4, 0.5) is 0 Å². The minimum atomic E-state index is -0.304. The van der Waals surface area contributed by atoms with Gasteiger partial charge in [0, 0.05) is 0 Å². The van der Waals surface area contributed by atoms with Crippen LogP contribution in [0.3, 0.4) is 0 Å². The van der Waals surface area contributed by atoms with E-state index in [-0.39, 0.29) is 24.4 Å². The monoisotopic (exact) mass is 156 g/mol. The van der Waals surface area contributed by atoms with Crippen molar-refractivity contribution in [1.29, 1.82) is 0 Å². The number of nitrogens with one attached hydrogen (secondary N) is 2. The maximum atomic E-state index is 11.0. The van der Waals surface area contributed by atoms with Crippen LogP contribution in [0.2, 0.25) is 0 Å². The summed E-state index contributed by atoms with van der Waals surface area (Å²) in [4.78, 5) is 21.8. The molecule has 0 saturated carbocycles. The highest BCUT2D eigenvalue weighted by atomic mass is 16.2. The first-order valence-corrected chi connectivity index (χ1v) is 3.81. The molecule has 1 aliphatic rings. The molecule has 1 fully saturated rings. The summed E-state index contributed by atoms with van der Waals surface area (Å²) in [5.41, 5.74) is 0. The zero-order chi connectivity index (χ0) is 8.27. The Kier molecular flexibility index (Phi) is 2.46. The van der Waals surface area contributed by atoms with Crippen LogP contribution in [-0.2, 0) is 9.59 Å². The fourth-order valence-electron chi connectivity index (χ4n) is 1.09. The van der Waals surface area contributed by atoms with Gasteiger partial charge in [-0.25, -0.2) is 0 Å². The first-order chi connectivity index (χ1) is 5.24. The van der Waals surface area contributed by atoms with Crippen LogP contribution in [0.15, 0.2) is 0 Å². The molecule has 0 spiro atoms. The molecule has 0 bridgehead atoms. The summed E-state index contributed by atoms with van der Waals surface area (Å²) in [5.74, 6) is -0.158. The molecular weight excluding hydrogens is 144 g/mol. The van der Waals surface area contributed by atoms with Crippen LogP contribution in [0.1, 0.15) is 19.8 Å². The van der Waals surface area contributed by atoms with E-state index in [1.54, 1.807) is 0 Å². The van der Waals surface area contributed by atoms with Gasteiger partial charge in [-0.3, -0.25) is 9.59 Å². The smallest absolute Gasteiger partial charge is 0.243 e. The van der Waals surface area contributed by atoms with Crippen LogP contribution in [-0.4, -0.2) is 24.4 Å². The van der Waals surface area contributed by atoms with Gasteiger partial charge >= 0.3 is 0 Å². The quantitative estimate of drug-likeness (QED) is 0.561. The SMILES string of the molecule is CCC[C@H]1NC(=O)CNC1=O. The fraction of sp³-hybridized carbons (Fsp3) is 0.714. The van der Waals surface area contributed by atoms with Crippen LogP contribution >= 0.6 is 0 Å². The first-order valence-electron chi connectivity index (χ1n) is 3.81. The maximum Gasteiger partial charge on any atom is 0.243 e. The molecule has 2 N–H and O–H groups in total. The van der Waals surface area contributed by atoms with Gasteiger partial charge in [0.2, 0.25) is 11.8 Å². The third-order valence-corrected chi connectivity index (χ3v) is 1.65. The molecule has 1 rings (SSSR count). The molecule has 4 nitrogen and oxygen atoms in total. The summed E-state index contributed by atoms with van der Waals surface area (Å²) in [5, 5.41) is 5.13. The van der Waals surface area contributed by atoms with Crippen LogP contribution < -0.4 is 10.6 Å². The molecule has 0 aromatic rings. The second-order valence-electron chi connectivity index (χ2n) is 2.63. The highest BCUT2D eigenvalue weighted by Gasteiger charge is 2.24. The molecule has 1 atom stereocenters. The Hall–Kier alpha value is -1.06. The van der Waals surface area contributed by atoms with E-state index in [9.17, 15) is 9.59 Å². The van der Waals surface area contributed by atoms with Gasteiger partial charge in [0.05, 0.1) is 6.54 Å². The van der Waals surface area contributed by atoms with E-state index in [0.29, 0.717) is 0 Å². The summed E-state index contributed by atoms with van der Waals surface area (Å²) in [6, 6.07) is -0.304. The lowest BCUT2D eigenvalue weighted by atomic mass is 10.1. The van der Waals surface area contributed by atoms with Gasteiger partial charge in [-0.1, -0.05) is 13.3 Å². The third kappa shape index (κ3) is 1.93. The largest absolute Gasteiger partial charge is 0.345 e. The highest BCUT2D eigenvalue weighted by molar-refractivity contribution is 5.94. The molecule has 1 aliphatic heterocycles. The van der Waals surface area contributed by atoms with E-state index in [1.807, 2.05) is 6.92 Å². The van der Waals surface area contributed by atoms with Gasteiger partial charge in [-0.05, 0) is 6.42 Å². The minimum Gasteiger partial charge on any atom is -0.345 e. The van der Waals surface area contributed by atoms with Gasteiger partial charge in [0.15, 0.2) is 0 Å². The molecular formula is C7H12N2O2. The third-order valence-electron chi connectivity index (χ3n) is 1.65. The van der Waals surface area contributed by atoms with Gasteiger partial charge < -0.3 is 10.6 Å². The Bertz CT molecular complexity index is 179. The summed E-state index contributed by atoms with van der Waals surface area (Å²) in [6.07, 6.45) is 1.62. The number of carbonyl (C=O) groups excluding carboxylic acids is 2. The average molecular weight is 156 g/mol. The Labute approximate surface area is 65.3 Å². The van der Waals surface area contributed by atoms with Crippen LogP contribution in [0.25, 0.3) is 0 Å². The van der Waals surface area contributed by atoms with Crippen LogP contribution in [0, 0.1) is 0 Å². The number of carbonyl (C=O) groups is 2. The van der Waals surface area contributed by atoms with Crippen molar-refractivity contribution in [3.63, 3.8) is 0 Å². The van der Waals surface area contributed by atoms with Crippen molar-refractivity contribution < 1.29 is 9.59 Å². The molecule has 2 amide bonds. The molecule has 0 radical (unpaired) electrons. The summed E-state index contributed by atoms with van der Waals surface area (Å²) in [7, 11) is 0. The van der Waals surface area contributed by atoms with E-state index in [0.717, 1.165) is 12.8 Å². The summed E-state index contributed by atoms with van der Waals surface area (Å²) in [6.45, 7) is 2.10. The van der Waals surface area contributed by atoms with E-state index >= 15 is 0 Å². The lowest BCUT2D eigenvalue weighted by Gasteiger charge is -2.22. The van der Waals surface area contributed by atoms with Gasteiger partial charge in [0.25, 0.3) is 0 Å². The van der Waals surface area contributed by atoms with Gasteiger partial charge in [-0.15, -0.1) is 0 Å². The molecule has 0 unspecified atom stereocenters.